The summed E-state index contributed by atoms with van der Waals surface area (Å²) < 4.78 is 10.9. The summed E-state index contributed by atoms with van der Waals surface area (Å²) in [6, 6.07) is 18.7. The molecule has 0 N–H and O–H groups in total. The molecule has 9 heteroatoms. The quantitative estimate of drug-likeness (QED) is 0.308. The van der Waals surface area contributed by atoms with Gasteiger partial charge in [0.1, 0.15) is 24.5 Å². The molecule has 2 aromatic carbocycles. The third-order valence-electron chi connectivity index (χ3n) is 6.43. The highest BCUT2D eigenvalue weighted by Crippen LogP contribution is 2.22. The van der Waals surface area contributed by atoms with Gasteiger partial charge in [-0.05, 0) is 19.4 Å². The van der Waals surface area contributed by atoms with Crippen molar-refractivity contribution < 1.29 is 23.9 Å². The van der Waals surface area contributed by atoms with E-state index in [1.807, 2.05) is 67.6 Å². The van der Waals surface area contributed by atoms with Crippen molar-refractivity contribution in [3.63, 3.8) is 0 Å². The van der Waals surface area contributed by atoms with E-state index >= 15 is 0 Å². The zero-order valence-electron chi connectivity index (χ0n) is 22.2. The molecule has 202 valence electrons. The summed E-state index contributed by atoms with van der Waals surface area (Å²) in [6.07, 6.45) is 1.45. The first-order chi connectivity index (χ1) is 18.9. The molecule has 3 aromatic rings. The number of hydrogen-bond acceptors (Lipinski definition) is 7. The van der Waals surface area contributed by atoms with Crippen LogP contribution in [0.2, 0.25) is 0 Å². The fraction of sp³-hybridized carbons (Fsp3) is 0.300. The molecule has 2 amide bonds. The summed E-state index contributed by atoms with van der Waals surface area (Å²) in [5.74, 6) is -0.895. The Kier molecular flexibility index (Phi) is 9.17. The minimum absolute atomic E-state index is 0.00347. The molecule has 2 heterocycles. The van der Waals surface area contributed by atoms with Crippen LogP contribution in [0.1, 0.15) is 39.0 Å². The van der Waals surface area contributed by atoms with Crippen LogP contribution in [0.4, 0.5) is 0 Å². The van der Waals surface area contributed by atoms with Crippen LogP contribution in [0.5, 0.6) is 0 Å². The number of nitrogens with zero attached hydrogens (tertiary/aromatic N) is 4. The predicted octanol–water partition coefficient (Wildman–Crippen LogP) is 3.68. The minimum Gasteiger partial charge on any atom is -0.458 e. The predicted molar refractivity (Wildman–Crippen MR) is 146 cm³/mol. The summed E-state index contributed by atoms with van der Waals surface area (Å²) in [4.78, 5) is 51.9. The molecule has 4 rings (SSSR count). The van der Waals surface area contributed by atoms with Crippen LogP contribution < -0.4 is 0 Å². The highest BCUT2D eigenvalue weighted by molar-refractivity contribution is 6.05. The summed E-state index contributed by atoms with van der Waals surface area (Å²) >= 11 is 0. The molecule has 1 fully saturated rings. The number of piperazine rings is 1. The Morgan fingerprint density at radius 3 is 2.38 bits per heavy atom. The van der Waals surface area contributed by atoms with Gasteiger partial charge in [0.15, 0.2) is 5.82 Å². The van der Waals surface area contributed by atoms with Gasteiger partial charge in [-0.1, -0.05) is 73.3 Å². The summed E-state index contributed by atoms with van der Waals surface area (Å²) in [6.45, 7) is 8.33. The molecular formula is C30H32N4O5. The number of aryl methyl sites for hydroxylation is 1. The van der Waals surface area contributed by atoms with Gasteiger partial charge in [0, 0.05) is 31.2 Å². The zero-order chi connectivity index (χ0) is 27.8. The largest absolute Gasteiger partial charge is 0.458 e. The number of carbonyl (C=O) groups is 3. The number of esters is 1. The lowest BCUT2D eigenvalue weighted by atomic mass is 10.1. The van der Waals surface area contributed by atoms with E-state index in [9.17, 15) is 14.4 Å². The number of rotatable bonds is 9. The van der Waals surface area contributed by atoms with E-state index in [0.29, 0.717) is 31.2 Å². The SMILES string of the molecule is C=CCOC(=O)c1c(C)nc(-c2ccccc2)nc1C(=O)N1CCN(C(=O)COCc2ccccc2)C(C)C1. The van der Waals surface area contributed by atoms with Crippen molar-refractivity contribution in [1.82, 2.24) is 19.8 Å². The second kappa shape index (κ2) is 12.9. The van der Waals surface area contributed by atoms with Gasteiger partial charge in [-0.2, -0.15) is 0 Å². The van der Waals surface area contributed by atoms with Crippen LogP contribution in [0.15, 0.2) is 73.3 Å². The average molecular weight is 529 g/mol. The van der Waals surface area contributed by atoms with Crippen LogP contribution in [0.25, 0.3) is 11.4 Å². The second-order valence-electron chi connectivity index (χ2n) is 9.28. The first-order valence-electron chi connectivity index (χ1n) is 12.8. The topological polar surface area (TPSA) is 102 Å². The van der Waals surface area contributed by atoms with Gasteiger partial charge in [0.2, 0.25) is 5.91 Å². The molecule has 0 spiro atoms. The van der Waals surface area contributed by atoms with Crippen molar-refractivity contribution in [2.75, 3.05) is 32.8 Å². The standard InChI is InChI=1S/C30H32N4O5/c1-4-17-39-30(37)26-22(3)31-28(24-13-9-6-10-14-24)32-27(26)29(36)33-15-16-34(21(2)18-33)25(35)20-38-19-23-11-7-5-8-12-23/h4-14,21H,1,15-20H2,2-3H3. The first-order valence-corrected chi connectivity index (χ1v) is 12.8. The minimum atomic E-state index is -0.687. The van der Waals surface area contributed by atoms with Gasteiger partial charge >= 0.3 is 5.97 Å². The second-order valence-corrected chi connectivity index (χ2v) is 9.28. The van der Waals surface area contributed by atoms with Gasteiger partial charge in [0.05, 0.1) is 12.3 Å². The molecule has 0 saturated carbocycles. The fourth-order valence-corrected chi connectivity index (χ4v) is 4.47. The Morgan fingerprint density at radius 2 is 1.72 bits per heavy atom. The number of ether oxygens (including phenoxy) is 2. The number of hydrogen-bond donors (Lipinski definition) is 0. The lowest BCUT2D eigenvalue weighted by Crippen LogP contribution is -2.56. The van der Waals surface area contributed by atoms with E-state index in [1.54, 1.807) is 16.7 Å². The van der Waals surface area contributed by atoms with Crippen LogP contribution in [-0.2, 0) is 20.9 Å². The molecule has 1 aromatic heterocycles. The molecule has 9 nitrogen and oxygen atoms in total. The van der Waals surface area contributed by atoms with Gasteiger partial charge in [0.25, 0.3) is 5.91 Å². The van der Waals surface area contributed by atoms with Crippen molar-refractivity contribution in [2.45, 2.75) is 26.5 Å². The number of carbonyl (C=O) groups excluding carboxylic acids is 3. The van der Waals surface area contributed by atoms with E-state index in [1.165, 1.54) is 6.08 Å². The molecule has 1 saturated heterocycles. The van der Waals surface area contributed by atoms with E-state index in [2.05, 4.69) is 16.5 Å². The van der Waals surface area contributed by atoms with Crippen LogP contribution in [0.3, 0.4) is 0 Å². The molecule has 0 radical (unpaired) electrons. The Bertz CT molecular complexity index is 1330. The number of aromatic nitrogens is 2. The fourth-order valence-electron chi connectivity index (χ4n) is 4.47. The third-order valence-corrected chi connectivity index (χ3v) is 6.43. The van der Waals surface area contributed by atoms with Crippen molar-refractivity contribution in [2.24, 2.45) is 0 Å². The van der Waals surface area contributed by atoms with Gasteiger partial charge in [-0.15, -0.1) is 0 Å². The Balaban J connectivity index is 1.50. The van der Waals surface area contributed by atoms with Gasteiger partial charge < -0.3 is 19.3 Å². The summed E-state index contributed by atoms with van der Waals surface area (Å²) in [5.41, 5.74) is 2.07. The van der Waals surface area contributed by atoms with Crippen molar-refractivity contribution >= 4 is 17.8 Å². The van der Waals surface area contributed by atoms with Crippen LogP contribution in [0, 0.1) is 6.92 Å². The maximum absolute atomic E-state index is 13.8. The van der Waals surface area contributed by atoms with E-state index in [-0.39, 0.29) is 43.0 Å². The maximum Gasteiger partial charge on any atom is 0.342 e. The molecular weight excluding hydrogens is 496 g/mol. The van der Waals surface area contributed by atoms with Crippen LogP contribution >= 0.6 is 0 Å². The lowest BCUT2D eigenvalue weighted by Gasteiger charge is -2.39. The molecule has 1 atom stereocenters. The molecule has 0 bridgehead atoms. The maximum atomic E-state index is 13.8. The first kappa shape index (κ1) is 27.7. The summed E-state index contributed by atoms with van der Waals surface area (Å²) in [7, 11) is 0. The lowest BCUT2D eigenvalue weighted by molar-refractivity contribution is -0.140. The van der Waals surface area contributed by atoms with E-state index in [4.69, 9.17) is 9.47 Å². The van der Waals surface area contributed by atoms with Gasteiger partial charge in [-0.3, -0.25) is 9.59 Å². The number of amides is 2. The summed E-state index contributed by atoms with van der Waals surface area (Å²) in [5, 5.41) is 0. The van der Waals surface area contributed by atoms with E-state index in [0.717, 1.165) is 11.1 Å². The highest BCUT2D eigenvalue weighted by Gasteiger charge is 2.34. The Labute approximate surface area is 228 Å². The molecule has 1 aliphatic rings. The normalized spacial score (nSPS) is 15.1. The zero-order valence-corrected chi connectivity index (χ0v) is 22.2. The Hall–Kier alpha value is -4.37. The number of benzene rings is 2. The molecule has 1 aliphatic heterocycles. The van der Waals surface area contributed by atoms with Crippen LogP contribution in [-0.4, -0.2) is 76.4 Å². The molecule has 1 unspecified atom stereocenters. The van der Waals surface area contributed by atoms with E-state index < -0.39 is 11.9 Å². The smallest absolute Gasteiger partial charge is 0.342 e. The van der Waals surface area contributed by atoms with Crippen molar-refractivity contribution in [3.05, 3.63) is 95.8 Å². The van der Waals surface area contributed by atoms with Gasteiger partial charge in [-0.25, -0.2) is 14.8 Å². The highest BCUT2D eigenvalue weighted by atomic mass is 16.5. The third kappa shape index (κ3) is 6.74. The van der Waals surface area contributed by atoms with Crippen molar-refractivity contribution in [1.29, 1.82) is 0 Å². The molecule has 0 aliphatic carbocycles. The molecule has 39 heavy (non-hydrogen) atoms. The van der Waals surface area contributed by atoms with Crippen molar-refractivity contribution in [3.8, 4) is 11.4 Å². The average Bonchev–Trinajstić information content (AvgIpc) is 2.96. The monoisotopic (exact) mass is 528 g/mol. The Morgan fingerprint density at radius 1 is 1.03 bits per heavy atom.